The van der Waals surface area contributed by atoms with Gasteiger partial charge >= 0.3 is 0 Å². The SMILES string of the molecule is CCOCc1nc2c(c(N3CC(N4CCCC[C@H]4C)C3)n1)CCNCC2. The highest BCUT2D eigenvalue weighted by atomic mass is 16.5. The van der Waals surface area contributed by atoms with Gasteiger partial charge in [-0.05, 0) is 46.2 Å². The topological polar surface area (TPSA) is 53.5 Å². The molecule has 1 aromatic heterocycles. The number of nitrogens with zero attached hydrogens (tertiary/aromatic N) is 4. The molecule has 26 heavy (non-hydrogen) atoms. The number of ether oxygens (including phenoxy) is 1. The summed E-state index contributed by atoms with van der Waals surface area (Å²) in [5.41, 5.74) is 2.59. The zero-order valence-corrected chi connectivity index (χ0v) is 16.3. The van der Waals surface area contributed by atoms with Crippen LogP contribution < -0.4 is 10.2 Å². The predicted molar refractivity (Wildman–Crippen MR) is 104 cm³/mol. The first kappa shape index (κ1) is 18.1. The highest BCUT2D eigenvalue weighted by Crippen LogP contribution is 2.31. The Morgan fingerprint density at radius 3 is 2.81 bits per heavy atom. The van der Waals surface area contributed by atoms with Crippen molar-refractivity contribution in [3.8, 4) is 0 Å². The fourth-order valence-corrected chi connectivity index (χ4v) is 4.60. The minimum atomic E-state index is 0.518. The summed E-state index contributed by atoms with van der Waals surface area (Å²) in [5, 5.41) is 3.50. The Labute approximate surface area is 157 Å². The minimum absolute atomic E-state index is 0.518. The molecule has 4 rings (SSSR count). The molecule has 1 N–H and O–H groups in total. The van der Waals surface area contributed by atoms with Gasteiger partial charge in [-0.2, -0.15) is 0 Å². The largest absolute Gasteiger partial charge is 0.374 e. The lowest BCUT2D eigenvalue weighted by Crippen LogP contribution is -2.62. The molecule has 4 heterocycles. The van der Waals surface area contributed by atoms with Crippen LogP contribution in [-0.4, -0.2) is 66.3 Å². The van der Waals surface area contributed by atoms with Gasteiger partial charge in [-0.1, -0.05) is 6.42 Å². The molecule has 0 spiro atoms. The second kappa shape index (κ2) is 8.19. The van der Waals surface area contributed by atoms with Gasteiger partial charge in [0.1, 0.15) is 12.4 Å². The zero-order chi connectivity index (χ0) is 17.9. The number of hydrogen-bond acceptors (Lipinski definition) is 6. The van der Waals surface area contributed by atoms with E-state index >= 15 is 0 Å². The van der Waals surface area contributed by atoms with E-state index in [1.807, 2.05) is 6.92 Å². The summed E-state index contributed by atoms with van der Waals surface area (Å²) in [6, 6.07) is 1.42. The van der Waals surface area contributed by atoms with E-state index < -0.39 is 0 Å². The molecule has 1 atom stereocenters. The van der Waals surface area contributed by atoms with Crippen LogP contribution in [0.5, 0.6) is 0 Å². The van der Waals surface area contributed by atoms with E-state index in [9.17, 15) is 0 Å². The summed E-state index contributed by atoms with van der Waals surface area (Å²) in [4.78, 5) is 15.0. The molecule has 3 aliphatic rings. The quantitative estimate of drug-likeness (QED) is 0.865. The second-order valence-electron chi connectivity index (χ2n) is 7.92. The van der Waals surface area contributed by atoms with Gasteiger partial charge in [-0.3, -0.25) is 4.90 Å². The summed E-state index contributed by atoms with van der Waals surface area (Å²) < 4.78 is 5.59. The van der Waals surface area contributed by atoms with Crippen LogP contribution in [-0.2, 0) is 24.2 Å². The third kappa shape index (κ3) is 3.73. The van der Waals surface area contributed by atoms with Crippen molar-refractivity contribution in [1.82, 2.24) is 20.2 Å². The van der Waals surface area contributed by atoms with Crippen LogP contribution in [0, 0.1) is 0 Å². The number of anilines is 1. The standard InChI is InChI=1S/C20H33N5O/c1-3-26-14-19-22-18-8-10-21-9-7-17(18)20(23-19)24-12-16(13-24)25-11-5-4-6-15(25)2/h15-16,21H,3-14H2,1-2H3/t15-/m1/s1. The normalized spacial score (nSPS) is 24.8. The first-order valence-corrected chi connectivity index (χ1v) is 10.4. The maximum Gasteiger partial charge on any atom is 0.156 e. The van der Waals surface area contributed by atoms with E-state index in [2.05, 4.69) is 22.0 Å². The van der Waals surface area contributed by atoms with Crippen molar-refractivity contribution in [3.05, 3.63) is 17.1 Å². The molecule has 3 aliphatic heterocycles. The average molecular weight is 360 g/mol. The fourth-order valence-electron chi connectivity index (χ4n) is 4.60. The highest BCUT2D eigenvalue weighted by Gasteiger charge is 2.37. The molecule has 144 valence electrons. The molecule has 0 bridgehead atoms. The highest BCUT2D eigenvalue weighted by molar-refractivity contribution is 5.52. The van der Waals surface area contributed by atoms with Crippen LogP contribution in [0.15, 0.2) is 0 Å². The van der Waals surface area contributed by atoms with Gasteiger partial charge in [0.15, 0.2) is 5.82 Å². The van der Waals surface area contributed by atoms with E-state index in [-0.39, 0.29) is 0 Å². The lowest BCUT2D eigenvalue weighted by molar-refractivity contribution is 0.0870. The van der Waals surface area contributed by atoms with Crippen molar-refractivity contribution in [3.63, 3.8) is 0 Å². The van der Waals surface area contributed by atoms with Crippen LogP contribution in [0.1, 0.15) is 50.2 Å². The Morgan fingerprint density at radius 2 is 2.00 bits per heavy atom. The third-order valence-electron chi connectivity index (χ3n) is 6.13. The van der Waals surface area contributed by atoms with Crippen molar-refractivity contribution in [2.75, 3.05) is 44.2 Å². The van der Waals surface area contributed by atoms with Gasteiger partial charge in [-0.25, -0.2) is 9.97 Å². The molecule has 0 aliphatic carbocycles. The summed E-state index contributed by atoms with van der Waals surface area (Å²) in [5.74, 6) is 2.02. The van der Waals surface area contributed by atoms with Gasteiger partial charge in [0.05, 0.1) is 5.69 Å². The lowest BCUT2D eigenvalue weighted by atomic mass is 9.96. The van der Waals surface area contributed by atoms with Gasteiger partial charge in [0, 0.05) is 50.3 Å². The van der Waals surface area contributed by atoms with Crippen LogP contribution in [0.2, 0.25) is 0 Å². The second-order valence-corrected chi connectivity index (χ2v) is 7.92. The molecule has 2 saturated heterocycles. The summed E-state index contributed by atoms with van der Waals surface area (Å²) >= 11 is 0. The van der Waals surface area contributed by atoms with Crippen molar-refractivity contribution >= 4 is 5.82 Å². The van der Waals surface area contributed by atoms with Crippen LogP contribution in [0.4, 0.5) is 5.82 Å². The zero-order valence-electron chi connectivity index (χ0n) is 16.3. The molecular weight excluding hydrogens is 326 g/mol. The van der Waals surface area contributed by atoms with E-state index in [1.54, 1.807) is 0 Å². The number of rotatable bonds is 5. The van der Waals surface area contributed by atoms with Crippen LogP contribution in [0.25, 0.3) is 0 Å². The first-order valence-electron chi connectivity index (χ1n) is 10.4. The molecule has 6 heteroatoms. The Hall–Kier alpha value is -1.24. The molecule has 0 aromatic carbocycles. The van der Waals surface area contributed by atoms with Crippen molar-refractivity contribution in [2.24, 2.45) is 0 Å². The summed E-state index contributed by atoms with van der Waals surface area (Å²) in [7, 11) is 0. The number of aromatic nitrogens is 2. The average Bonchev–Trinajstić information content (AvgIpc) is 2.85. The minimum Gasteiger partial charge on any atom is -0.374 e. The van der Waals surface area contributed by atoms with Crippen molar-refractivity contribution < 1.29 is 4.74 Å². The van der Waals surface area contributed by atoms with Crippen LogP contribution in [0.3, 0.4) is 0 Å². The number of likely N-dealkylation sites (tertiary alicyclic amines) is 1. The van der Waals surface area contributed by atoms with E-state index in [1.165, 1.54) is 42.9 Å². The first-order chi connectivity index (χ1) is 12.8. The smallest absolute Gasteiger partial charge is 0.156 e. The third-order valence-corrected chi connectivity index (χ3v) is 6.13. The number of nitrogens with one attached hydrogen (secondary N) is 1. The number of fused-ring (bicyclic) bond motifs is 1. The van der Waals surface area contributed by atoms with E-state index in [0.29, 0.717) is 19.3 Å². The van der Waals surface area contributed by atoms with Crippen molar-refractivity contribution in [1.29, 1.82) is 0 Å². The Bertz CT molecular complexity index is 616. The van der Waals surface area contributed by atoms with E-state index in [4.69, 9.17) is 14.7 Å². The maximum absolute atomic E-state index is 5.59. The molecule has 0 amide bonds. The molecule has 1 aromatic rings. The van der Waals surface area contributed by atoms with Crippen molar-refractivity contribution in [2.45, 2.75) is 64.6 Å². The number of piperidine rings is 1. The molecule has 0 radical (unpaired) electrons. The Kier molecular flexibility index (Phi) is 5.72. The molecule has 0 saturated carbocycles. The lowest BCUT2D eigenvalue weighted by Gasteiger charge is -2.50. The van der Waals surface area contributed by atoms with E-state index in [0.717, 1.165) is 50.9 Å². The predicted octanol–water partition coefficient (Wildman–Crippen LogP) is 1.76. The maximum atomic E-state index is 5.59. The number of hydrogen-bond donors (Lipinski definition) is 1. The molecular formula is C20H33N5O. The van der Waals surface area contributed by atoms with Gasteiger partial charge in [0.2, 0.25) is 0 Å². The Balaban J connectivity index is 1.52. The Morgan fingerprint density at radius 1 is 1.15 bits per heavy atom. The van der Waals surface area contributed by atoms with Crippen LogP contribution >= 0.6 is 0 Å². The van der Waals surface area contributed by atoms with Gasteiger partial charge < -0.3 is 15.0 Å². The molecule has 0 unspecified atom stereocenters. The monoisotopic (exact) mass is 359 g/mol. The summed E-state index contributed by atoms with van der Waals surface area (Å²) in [6.45, 7) is 11.1. The molecule has 2 fully saturated rings. The summed E-state index contributed by atoms with van der Waals surface area (Å²) in [6.07, 6.45) is 6.12. The molecule has 6 nitrogen and oxygen atoms in total. The fraction of sp³-hybridized carbons (Fsp3) is 0.800. The van der Waals surface area contributed by atoms with Gasteiger partial charge in [0.25, 0.3) is 0 Å². The van der Waals surface area contributed by atoms with Gasteiger partial charge in [-0.15, -0.1) is 0 Å².